The molecule has 0 bridgehead atoms. The SMILES string of the molecule is CCc1ccc(C(CNC(=O)c2ccc(S(=O)(=O)NC)cc2)N(C)C)cc1. The average molecular weight is 390 g/mol. The summed E-state index contributed by atoms with van der Waals surface area (Å²) < 4.78 is 25.8. The number of amides is 1. The molecule has 27 heavy (non-hydrogen) atoms. The van der Waals surface area contributed by atoms with Crippen LogP contribution >= 0.6 is 0 Å². The van der Waals surface area contributed by atoms with Crippen LogP contribution < -0.4 is 10.0 Å². The van der Waals surface area contributed by atoms with Crippen molar-refractivity contribution in [3.05, 3.63) is 65.2 Å². The Balaban J connectivity index is 2.07. The van der Waals surface area contributed by atoms with Crippen molar-refractivity contribution in [1.29, 1.82) is 0 Å². The molecule has 1 amide bonds. The van der Waals surface area contributed by atoms with Crippen molar-refractivity contribution in [2.45, 2.75) is 24.3 Å². The largest absolute Gasteiger partial charge is 0.350 e. The average Bonchev–Trinajstić information content (AvgIpc) is 2.68. The van der Waals surface area contributed by atoms with Crippen molar-refractivity contribution >= 4 is 15.9 Å². The summed E-state index contributed by atoms with van der Waals surface area (Å²) in [5, 5.41) is 2.93. The van der Waals surface area contributed by atoms with Crippen LogP contribution in [0.3, 0.4) is 0 Å². The highest BCUT2D eigenvalue weighted by molar-refractivity contribution is 7.89. The van der Waals surface area contributed by atoms with E-state index in [1.807, 2.05) is 14.1 Å². The molecule has 0 saturated carbocycles. The number of hydrogen-bond donors (Lipinski definition) is 2. The molecular formula is C20H27N3O3S. The number of carbonyl (C=O) groups is 1. The van der Waals surface area contributed by atoms with Crippen LogP contribution in [0, 0.1) is 0 Å². The Bertz CT molecular complexity index is 860. The van der Waals surface area contributed by atoms with Gasteiger partial charge >= 0.3 is 0 Å². The maximum atomic E-state index is 12.4. The zero-order valence-electron chi connectivity index (χ0n) is 16.2. The van der Waals surface area contributed by atoms with Gasteiger partial charge in [-0.2, -0.15) is 0 Å². The molecule has 2 N–H and O–H groups in total. The topological polar surface area (TPSA) is 78.5 Å². The molecular weight excluding hydrogens is 362 g/mol. The Morgan fingerprint density at radius 1 is 1.04 bits per heavy atom. The highest BCUT2D eigenvalue weighted by Crippen LogP contribution is 2.19. The molecule has 0 aromatic heterocycles. The van der Waals surface area contributed by atoms with E-state index >= 15 is 0 Å². The van der Waals surface area contributed by atoms with E-state index in [0.717, 1.165) is 12.0 Å². The van der Waals surface area contributed by atoms with E-state index in [1.165, 1.54) is 36.9 Å². The highest BCUT2D eigenvalue weighted by atomic mass is 32.2. The van der Waals surface area contributed by atoms with Gasteiger partial charge in [-0.15, -0.1) is 0 Å². The second kappa shape index (κ2) is 9.12. The summed E-state index contributed by atoms with van der Waals surface area (Å²) in [5.41, 5.74) is 2.83. The molecule has 146 valence electrons. The van der Waals surface area contributed by atoms with E-state index < -0.39 is 10.0 Å². The maximum Gasteiger partial charge on any atom is 0.251 e. The van der Waals surface area contributed by atoms with E-state index in [0.29, 0.717) is 12.1 Å². The number of aryl methyl sites for hydroxylation is 1. The second-order valence-electron chi connectivity index (χ2n) is 6.52. The third kappa shape index (κ3) is 5.38. The molecule has 0 aliphatic carbocycles. The minimum absolute atomic E-state index is 0.0452. The number of nitrogens with one attached hydrogen (secondary N) is 2. The van der Waals surface area contributed by atoms with Crippen LogP contribution in [0.15, 0.2) is 53.4 Å². The van der Waals surface area contributed by atoms with Crippen LogP contribution in [0.25, 0.3) is 0 Å². The van der Waals surface area contributed by atoms with E-state index in [4.69, 9.17) is 0 Å². The van der Waals surface area contributed by atoms with Gasteiger partial charge in [-0.05, 0) is 63.0 Å². The fourth-order valence-electron chi connectivity index (χ4n) is 2.77. The van der Waals surface area contributed by atoms with Crippen molar-refractivity contribution < 1.29 is 13.2 Å². The van der Waals surface area contributed by atoms with Gasteiger partial charge in [-0.1, -0.05) is 31.2 Å². The minimum Gasteiger partial charge on any atom is -0.350 e. The van der Waals surface area contributed by atoms with E-state index in [2.05, 4.69) is 46.1 Å². The standard InChI is InChI=1S/C20H27N3O3S/c1-5-15-6-8-16(9-7-15)19(23(3)4)14-22-20(24)17-10-12-18(13-11-17)27(25,26)21-2/h6-13,19,21H,5,14H2,1-4H3,(H,22,24). The first-order valence-electron chi connectivity index (χ1n) is 8.85. The molecule has 1 atom stereocenters. The van der Waals surface area contributed by atoms with Gasteiger partial charge in [0.2, 0.25) is 10.0 Å². The molecule has 0 radical (unpaired) electrons. The lowest BCUT2D eigenvalue weighted by molar-refractivity contribution is 0.0942. The molecule has 1 unspecified atom stereocenters. The van der Waals surface area contributed by atoms with Gasteiger partial charge in [0.1, 0.15) is 0 Å². The minimum atomic E-state index is -3.51. The molecule has 0 aliphatic heterocycles. The summed E-state index contributed by atoms with van der Waals surface area (Å²) >= 11 is 0. The highest BCUT2D eigenvalue weighted by Gasteiger charge is 2.17. The Kier molecular flexibility index (Phi) is 7.12. The number of benzene rings is 2. The van der Waals surface area contributed by atoms with Crippen molar-refractivity contribution in [1.82, 2.24) is 14.9 Å². The van der Waals surface area contributed by atoms with Crippen LogP contribution in [0.4, 0.5) is 0 Å². The third-order valence-electron chi connectivity index (χ3n) is 4.55. The van der Waals surface area contributed by atoms with Crippen molar-refractivity contribution in [2.75, 3.05) is 27.7 Å². The molecule has 0 spiro atoms. The number of sulfonamides is 1. The van der Waals surface area contributed by atoms with E-state index in [-0.39, 0.29) is 16.8 Å². The van der Waals surface area contributed by atoms with Gasteiger partial charge in [0, 0.05) is 12.1 Å². The fourth-order valence-corrected chi connectivity index (χ4v) is 3.50. The van der Waals surface area contributed by atoms with Crippen LogP contribution in [0.1, 0.15) is 34.5 Å². The molecule has 6 nitrogen and oxygen atoms in total. The van der Waals surface area contributed by atoms with Crippen LogP contribution in [-0.2, 0) is 16.4 Å². The smallest absolute Gasteiger partial charge is 0.251 e. The van der Waals surface area contributed by atoms with Gasteiger partial charge in [0.05, 0.1) is 10.9 Å². The van der Waals surface area contributed by atoms with Crippen molar-refractivity contribution in [3.63, 3.8) is 0 Å². The van der Waals surface area contributed by atoms with Gasteiger partial charge in [-0.3, -0.25) is 4.79 Å². The lowest BCUT2D eigenvalue weighted by Crippen LogP contribution is -2.34. The summed E-state index contributed by atoms with van der Waals surface area (Å²) in [6.07, 6.45) is 0.989. The molecule has 0 heterocycles. The fraction of sp³-hybridized carbons (Fsp3) is 0.350. The summed E-state index contributed by atoms with van der Waals surface area (Å²) in [5.74, 6) is -0.236. The Labute approximate surface area is 161 Å². The monoisotopic (exact) mass is 389 g/mol. The second-order valence-corrected chi connectivity index (χ2v) is 8.40. The molecule has 0 saturated heterocycles. The van der Waals surface area contributed by atoms with Gasteiger partial charge in [-0.25, -0.2) is 13.1 Å². The maximum absolute atomic E-state index is 12.4. The predicted octanol–water partition coefficient (Wildman–Crippen LogP) is 2.19. The van der Waals surface area contributed by atoms with Crippen LogP contribution in [-0.4, -0.2) is 46.9 Å². The van der Waals surface area contributed by atoms with Crippen molar-refractivity contribution in [2.24, 2.45) is 0 Å². The summed E-state index contributed by atoms with van der Waals surface area (Å²) in [4.78, 5) is 14.6. The third-order valence-corrected chi connectivity index (χ3v) is 5.98. The Morgan fingerprint density at radius 2 is 1.63 bits per heavy atom. The normalized spacial score (nSPS) is 12.8. The predicted molar refractivity (Wildman–Crippen MR) is 107 cm³/mol. The molecule has 2 aromatic carbocycles. The number of nitrogens with zero attached hydrogens (tertiary/aromatic N) is 1. The quantitative estimate of drug-likeness (QED) is 0.725. The van der Waals surface area contributed by atoms with Crippen molar-refractivity contribution in [3.8, 4) is 0 Å². The van der Waals surface area contributed by atoms with E-state index in [1.54, 1.807) is 0 Å². The lowest BCUT2D eigenvalue weighted by Gasteiger charge is -2.25. The first kappa shape index (κ1) is 21.1. The summed E-state index contributed by atoms with van der Waals surface area (Å²) in [6.45, 7) is 2.57. The number of carbonyl (C=O) groups excluding carboxylic acids is 1. The number of hydrogen-bond acceptors (Lipinski definition) is 4. The van der Waals surface area contributed by atoms with Gasteiger partial charge in [0.15, 0.2) is 0 Å². The lowest BCUT2D eigenvalue weighted by atomic mass is 10.0. The molecule has 0 fully saturated rings. The molecule has 0 aliphatic rings. The van der Waals surface area contributed by atoms with E-state index in [9.17, 15) is 13.2 Å². The summed E-state index contributed by atoms with van der Waals surface area (Å²) in [7, 11) is 1.79. The molecule has 2 rings (SSSR count). The summed E-state index contributed by atoms with van der Waals surface area (Å²) in [6, 6.07) is 14.3. The first-order chi connectivity index (χ1) is 12.8. The Hall–Kier alpha value is -2.22. The molecule has 2 aromatic rings. The Morgan fingerprint density at radius 3 is 2.11 bits per heavy atom. The van der Waals surface area contributed by atoms with Crippen LogP contribution in [0.5, 0.6) is 0 Å². The van der Waals surface area contributed by atoms with Gasteiger partial charge in [0.25, 0.3) is 5.91 Å². The number of likely N-dealkylation sites (N-methyl/N-ethyl adjacent to an activating group) is 1. The number of rotatable bonds is 8. The first-order valence-corrected chi connectivity index (χ1v) is 10.3. The zero-order chi connectivity index (χ0) is 20.0. The van der Waals surface area contributed by atoms with Gasteiger partial charge < -0.3 is 10.2 Å². The zero-order valence-corrected chi connectivity index (χ0v) is 17.0. The van der Waals surface area contributed by atoms with Crippen LogP contribution in [0.2, 0.25) is 0 Å². The molecule has 7 heteroatoms.